The van der Waals surface area contributed by atoms with Crippen molar-refractivity contribution in [2.45, 2.75) is 26.8 Å². The molecule has 0 atom stereocenters. The van der Waals surface area contributed by atoms with Crippen LogP contribution >= 0.6 is 0 Å². The summed E-state index contributed by atoms with van der Waals surface area (Å²) in [5, 5.41) is 11.4. The Hall–Kier alpha value is -1.86. The summed E-state index contributed by atoms with van der Waals surface area (Å²) in [6.45, 7) is 6.06. The highest BCUT2D eigenvalue weighted by atomic mass is 16.1. The number of anilines is 1. The van der Waals surface area contributed by atoms with Crippen LogP contribution < -0.4 is 5.32 Å². The Kier molecular flexibility index (Phi) is 5.89. The van der Waals surface area contributed by atoms with Crippen LogP contribution in [0.5, 0.6) is 0 Å². The van der Waals surface area contributed by atoms with Gasteiger partial charge in [-0.05, 0) is 24.2 Å². The molecule has 0 aliphatic carbocycles. The van der Waals surface area contributed by atoms with Crippen molar-refractivity contribution in [3.8, 4) is 6.07 Å². The lowest BCUT2D eigenvalue weighted by Crippen LogP contribution is -2.23. The van der Waals surface area contributed by atoms with E-state index in [0.717, 1.165) is 30.9 Å². The van der Waals surface area contributed by atoms with Crippen molar-refractivity contribution in [2.24, 2.45) is 0 Å². The Labute approximate surface area is 108 Å². The summed E-state index contributed by atoms with van der Waals surface area (Å²) in [5.74, 6) is -0.0658. The topological polar surface area (TPSA) is 56.1 Å². The summed E-state index contributed by atoms with van der Waals surface area (Å²) in [6, 6.07) is 9.95. The summed E-state index contributed by atoms with van der Waals surface area (Å²) in [6.07, 6.45) is 0.541. The molecule has 0 saturated heterocycles. The zero-order valence-electron chi connectivity index (χ0n) is 10.9. The highest BCUT2D eigenvalue weighted by molar-refractivity contribution is 5.88. The van der Waals surface area contributed by atoms with E-state index in [0.29, 0.717) is 6.42 Å². The summed E-state index contributed by atoms with van der Waals surface area (Å²) >= 11 is 0. The molecule has 4 nitrogen and oxygen atoms in total. The first-order valence-corrected chi connectivity index (χ1v) is 6.11. The molecule has 1 N–H and O–H groups in total. The van der Waals surface area contributed by atoms with Gasteiger partial charge < -0.3 is 5.32 Å². The fourth-order valence-corrected chi connectivity index (χ4v) is 1.77. The number of amides is 1. The van der Waals surface area contributed by atoms with Gasteiger partial charge in [-0.2, -0.15) is 5.26 Å². The van der Waals surface area contributed by atoms with Crippen molar-refractivity contribution in [1.29, 1.82) is 5.26 Å². The molecule has 96 valence electrons. The molecule has 0 heterocycles. The van der Waals surface area contributed by atoms with Gasteiger partial charge in [0.25, 0.3) is 0 Å². The molecule has 1 aromatic rings. The average Bonchev–Trinajstić information content (AvgIpc) is 2.34. The van der Waals surface area contributed by atoms with Gasteiger partial charge in [-0.15, -0.1) is 0 Å². The van der Waals surface area contributed by atoms with Crippen molar-refractivity contribution in [1.82, 2.24) is 4.90 Å². The Morgan fingerprint density at radius 3 is 2.89 bits per heavy atom. The molecule has 0 spiro atoms. The van der Waals surface area contributed by atoms with E-state index in [1.807, 2.05) is 24.3 Å². The van der Waals surface area contributed by atoms with Crippen LogP contribution in [0.2, 0.25) is 0 Å². The minimum Gasteiger partial charge on any atom is -0.326 e. The van der Waals surface area contributed by atoms with E-state index < -0.39 is 0 Å². The van der Waals surface area contributed by atoms with Crippen molar-refractivity contribution >= 4 is 11.6 Å². The highest BCUT2D eigenvalue weighted by Crippen LogP contribution is 2.12. The molecule has 1 aromatic carbocycles. The molecule has 0 aromatic heterocycles. The van der Waals surface area contributed by atoms with Gasteiger partial charge >= 0.3 is 0 Å². The standard InChI is InChI=1S/C14H19N3O/c1-3-17(9-5-8-15)11-13-6-4-7-14(10-13)16-12(2)18/h4,6-7,10H,3,5,9,11H2,1-2H3,(H,16,18). The van der Waals surface area contributed by atoms with Crippen LogP contribution in [0, 0.1) is 11.3 Å². The van der Waals surface area contributed by atoms with Gasteiger partial charge in [-0.3, -0.25) is 9.69 Å². The van der Waals surface area contributed by atoms with E-state index in [4.69, 9.17) is 5.26 Å². The molecule has 1 rings (SSSR count). The first-order valence-electron chi connectivity index (χ1n) is 6.11. The normalized spacial score (nSPS) is 10.1. The van der Waals surface area contributed by atoms with Crippen molar-refractivity contribution in [3.63, 3.8) is 0 Å². The molecule has 4 heteroatoms. The third-order valence-corrected chi connectivity index (χ3v) is 2.64. The highest BCUT2D eigenvalue weighted by Gasteiger charge is 2.04. The van der Waals surface area contributed by atoms with Gasteiger partial charge in [0.15, 0.2) is 0 Å². The van der Waals surface area contributed by atoms with Crippen LogP contribution in [-0.4, -0.2) is 23.9 Å². The van der Waals surface area contributed by atoms with Crippen LogP contribution in [0.3, 0.4) is 0 Å². The average molecular weight is 245 g/mol. The number of carbonyl (C=O) groups is 1. The predicted molar refractivity (Wildman–Crippen MR) is 71.9 cm³/mol. The summed E-state index contributed by atoms with van der Waals surface area (Å²) in [7, 11) is 0. The van der Waals surface area contributed by atoms with E-state index in [2.05, 4.69) is 23.2 Å². The molecule has 0 bridgehead atoms. The van der Waals surface area contributed by atoms with Crippen LogP contribution in [0.15, 0.2) is 24.3 Å². The van der Waals surface area contributed by atoms with E-state index in [1.165, 1.54) is 6.92 Å². The van der Waals surface area contributed by atoms with E-state index in [9.17, 15) is 4.79 Å². The molecular formula is C14H19N3O. The lowest BCUT2D eigenvalue weighted by Gasteiger charge is -2.19. The van der Waals surface area contributed by atoms with Gasteiger partial charge in [0, 0.05) is 32.1 Å². The number of carbonyl (C=O) groups excluding carboxylic acids is 1. The summed E-state index contributed by atoms with van der Waals surface area (Å²) < 4.78 is 0. The fourth-order valence-electron chi connectivity index (χ4n) is 1.77. The molecule has 1 amide bonds. The van der Waals surface area contributed by atoms with Crippen LogP contribution in [0.1, 0.15) is 25.8 Å². The van der Waals surface area contributed by atoms with E-state index in [1.54, 1.807) is 0 Å². The van der Waals surface area contributed by atoms with Gasteiger partial charge in [0.2, 0.25) is 5.91 Å². The predicted octanol–water partition coefficient (Wildman–Crippen LogP) is 2.38. The van der Waals surface area contributed by atoms with Crippen LogP contribution in [0.4, 0.5) is 5.69 Å². The van der Waals surface area contributed by atoms with Crippen molar-refractivity contribution in [2.75, 3.05) is 18.4 Å². The number of nitriles is 1. The van der Waals surface area contributed by atoms with Crippen molar-refractivity contribution < 1.29 is 4.79 Å². The number of hydrogen-bond donors (Lipinski definition) is 1. The molecule has 0 aliphatic heterocycles. The Morgan fingerprint density at radius 2 is 2.28 bits per heavy atom. The van der Waals surface area contributed by atoms with Gasteiger partial charge in [0.05, 0.1) is 6.07 Å². The van der Waals surface area contributed by atoms with Gasteiger partial charge in [-0.25, -0.2) is 0 Å². The molecule has 0 radical (unpaired) electrons. The zero-order chi connectivity index (χ0) is 13.4. The van der Waals surface area contributed by atoms with Gasteiger partial charge in [0.1, 0.15) is 0 Å². The maximum absolute atomic E-state index is 11.0. The lowest BCUT2D eigenvalue weighted by atomic mass is 10.2. The van der Waals surface area contributed by atoms with Crippen LogP contribution in [0.25, 0.3) is 0 Å². The zero-order valence-corrected chi connectivity index (χ0v) is 10.9. The molecule has 0 unspecified atom stereocenters. The van der Waals surface area contributed by atoms with E-state index in [-0.39, 0.29) is 5.91 Å². The Balaban J connectivity index is 2.65. The third-order valence-electron chi connectivity index (χ3n) is 2.64. The summed E-state index contributed by atoms with van der Waals surface area (Å²) in [5.41, 5.74) is 1.96. The Morgan fingerprint density at radius 1 is 1.50 bits per heavy atom. The van der Waals surface area contributed by atoms with E-state index >= 15 is 0 Å². The second kappa shape index (κ2) is 7.46. The maximum atomic E-state index is 11.0. The quantitative estimate of drug-likeness (QED) is 0.837. The molecule has 0 aliphatic rings. The van der Waals surface area contributed by atoms with Gasteiger partial charge in [-0.1, -0.05) is 19.1 Å². The number of nitrogens with one attached hydrogen (secondary N) is 1. The fraction of sp³-hybridized carbons (Fsp3) is 0.429. The lowest BCUT2D eigenvalue weighted by molar-refractivity contribution is -0.114. The smallest absolute Gasteiger partial charge is 0.221 e. The van der Waals surface area contributed by atoms with Crippen LogP contribution in [-0.2, 0) is 11.3 Å². The third kappa shape index (κ3) is 4.98. The molecule has 0 saturated carbocycles. The number of rotatable bonds is 6. The monoisotopic (exact) mass is 245 g/mol. The Bertz CT molecular complexity index is 437. The number of nitrogens with zero attached hydrogens (tertiary/aromatic N) is 2. The minimum atomic E-state index is -0.0658. The number of benzene rings is 1. The minimum absolute atomic E-state index is 0.0658. The first kappa shape index (κ1) is 14.2. The second-order valence-electron chi connectivity index (χ2n) is 4.16. The SMILES string of the molecule is CCN(CCC#N)Cc1cccc(NC(C)=O)c1. The molecule has 18 heavy (non-hydrogen) atoms. The first-order chi connectivity index (χ1) is 8.65. The largest absolute Gasteiger partial charge is 0.326 e. The van der Waals surface area contributed by atoms with Crippen molar-refractivity contribution in [3.05, 3.63) is 29.8 Å². The molecular weight excluding hydrogens is 226 g/mol. The summed E-state index contributed by atoms with van der Waals surface area (Å²) in [4.78, 5) is 13.2. The second-order valence-corrected chi connectivity index (χ2v) is 4.16. The maximum Gasteiger partial charge on any atom is 0.221 e. The molecule has 0 fully saturated rings. The number of hydrogen-bond acceptors (Lipinski definition) is 3.